The zero-order valence-electron chi connectivity index (χ0n) is 9.73. The lowest BCUT2D eigenvalue weighted by atomic mass is 10.1. The lowest BCUT2D eigenvalue weighted by Crippen LogP contribution is -2.26. The molecule has 0 N–H and O–H groups in total. The number of hydrogen-bond acceptors (Lipinski definition) is 1. The third kappa shape index (κ3) is 3.74. The summed E-state index contributed by atoms with van der Waals surface area (Å²) in [5, 5.41) is 0. The highest BCUT2D eigenvalue weighted by molar-refractivity contribution is 5.92. The van der Waals surface area contributed by atoms with E-state index in [1.165, 1.54) is 0 Å². The van der Waals surface area contributed by atoms with Gasteiger partial charge in [0.1, 0.15) is 0 Å². The molecule has 0 aromatic heterocycles. The number of nitrogens with zero attached hydrogens (tertiary/aromatic N) is 1. The van der Waals surface area contributed by atoms with Gasteiger partial charge in [-0.2, -0.15) is 0 Å². The first-order valence-electron chi connectivity index (χ1n) is 5.43. The molecule has 1 amide bonds. The molecule has 1 aromatic carbocycles. The zero-order chi connectivity index (χ0) is 11.3. The Morgan fingerprint density at radius 3 is 2.40 bits per heavy atom. The van der Waals surface area contributed by atoms with E-state index in [2.05, 4.69) is 13.8 Å². The number of benzene rings is 1. The number of para-hydroxylation sites is 1. The molecule has 0 aliphatic rings. The monoisotopic (exact) mass is 205 g/mol. The normalized spacial score (nSPS) is 10.4. The van der Waals surface area contributed by atoms with Crippen molar-refractivity contribution < 1.29 is 4.79 Å². The van der Waals surface area contributed by atoms with E-state index in [1.807, 2.05) is 37.4 Å². The van der Waals surface area contributed by atoms with Crippen molar-refractivity contribution in [2.45, 2.75) is 26.7 Å². The van der Waals surface area contributed by atoms with Crippen LogP contribution in [0.1, 0.15) is 26.7 Å². The first-order chi connectivity index (χ1) is 7.11. The fourth-order valence-corrected chi connectivity index (χ4v) is 1.38. The Hall–Kier alpha value is -1.31. The van der Waals surface area contributed by atoms with Crippen molar-refractivity contribution >= 4 is 11.6 Å². The maximum atomic E-state index is 11.8. The van der Waals surface area contributed by atoms with Crippen LogP contribution in [0.2, 0.25) is 0 Å². The summed E-state index contributed by atoms with van der Waals surface area (Å²) in [7, 11) is 1.83. The Labute approximate surface area is 91.9 Å². The third-order valence-electron chi connectivity index (χ3n) is 2.45. The van der Waals surface area contributed by atoms with Gasteiger partial charge in [0.25, 0.3) is 0 Å². The summed E-state index contributed by atoms with van der Waals surface area (Å²) < 4.78 is 0. The van der Waals surface area contributed by atoms with Gasteiger partial charge in [-0.05, 0) is 24.5 Å². The molecule has 0 aliphatic carbocycles. The van der Waals surface area contributed by atoms with Gasteiger partial charge < -0.3 is 4.90 Å². The molecule has 0 atom stereocenters. The van der Waals surface area contributed by atoms with Crippen LogP contribution in [0.15, 0.2) is 30.3 Å². The predicted molar refractivity (Wildman–Crippen MR) is 63.9 cm³/mol. The van der Waals surface area contributed by atoms with E-state index in [9.17, 15) is 4.79 Å². The van der Waals surface area contributed by atoms with Crippen LogP contribution in [0.5, 0.6) is 0 Å². The maximum absolute atomic E-state index is 11.8. The summed E-state index contributed by atoms with van der Waals surface area (Å²) in [4.78, 5) is 13.5. The van der Waals surface area contributed by atoms with Gasteiger partial charge in [-0.25, -0.2) is 0 Å². The molecular weight excluding hydrogens is 186 g/mol. The van der Waals surface area contributed by atoms with Crippen LogP contribution in [-0.4, -0.2) is 13.0 Å². The largest absolute Gasteiger partial charge is 0.316 e. The molecule has 2 nitrogen and oxygen atoms in total. The van der Waals surface area contributed by atoms with Gasteiger partial charge in [0.15, 0.2) is 0 Å². The molecule has 0 fully saturated rings. The number of anilines is 1. The Balaban J connectivity index is 2.54. The highest BCUT2D eigenvalue weighted by Crippen LogP contribution is 2.14. The molecule has 0 spiro atoms. The molecule has 15 heavy (non-hydrogen) atoms. The van der Waals surface area contributed by atoms with Crippen LogP contribution in [0.25, 0.3) is 0 Å². The van der Waals surface area contributed by atoms with Crippen LogP contribution in [0.4, 0.5) is 5.69 Å². The molecule has 0 heterocycles. The van der Waals surface area contributed by atoms with Gasteiger partial charge >= 0.3 is 0 Å². The first-order valence-corrected chi connectivity index (χ1v) is 5.43. The maximum Gasteiger partial charge on any atom is 0.226 e. The molecule has 0 saturated heterocycles. The topological polar surface area (TPSA) is 20.3 Å². The fourth-order valence-electron chi connectivity index (χ4n) is 1.38. The van der Waals surface area contributed by atoms with Crippen molar-refractivity contribution in [2.24, 2.45) is 5.92 Å². The van der Waals surface area contributed by atoms with Crippen molar-refractivity contribution in [1.29, 1.82) is 0 Å². The van der Waals surface area contributed by atoms with Gasteiger partial charge in [0, 0.05) is 19.2 Å². The average molecular weight is 205 g/mol. The van der Waals surface area contributed by atoms with Gasteiger partial charge in [-0.3, -0.25) is 4.79 Å². The fraction of sp³-hybridized carbons (Fsp3) is 0.462. The molecule has 0 aliphatic heterocycles. The summed E-state index contributed by atoms with van der Waals surface area (Å²) in [5.74, 6) is 0.771. The Bertz CT molecular complexity index is 306. The van der Waals surface area contributed by atoms with E-state index in [0.717, 1.165) is 12.1 Å². The highest BCUT2D eigenvalue weighted by atomic mass is 16.2. The molecule has 0 unspecified atom stereocenters. The van der Waals surface area contributed by atoms with Gasteiger partial charge in [0.2, 0.25) is 5.91 Å². The van der Waals surface area contributed by atoms with Crippen molar-refractivity contribution in [3.05, 3.63) is 30.3 Å². The minimum absolute atomic E-state index is 0.190. The zero-order valence-corrected chi connectivity index (χ0v) is 9.73. The van der Waals surface area contributed by atoms with E-state index < -0.39 is 0 Å². The van der Waals surface area contributed by atoms with Crippen molar-refractivity contribution in [2.75, 3.05) is 11.9 Å². The van der Waals surface area contributed by atoms with Crippen LogP contribution >= 0.6 is 0 Å². The van der Waals surface area contributed by atoms with Crippen LogP contribution in [0.3, 0.4) is 0 Å². The summed E-state index contributed by atoms with van der Waals surface area (Å²) in [6.07, 6.45) is 1.58. The van der Waals surface area contributed by atoms with Gasteiger partial charge in [0.05, 0.1) is 0 Å². The molecular formula is C13H19NO. The third-order valence-corrected chi connectivity index (χ3v) is 2.45. The summed E-state index contributed by atoms with van der Waals surface area (Å²) in [6, 6.07) is 9.75. The second kappa shape index (κ2) is 5.54. The summed E-state index contributed by atoms with van der Waals surface area (Å²) in [6.45, 7) is 4.27. The minimum Gasteiger partial charge on any atom is -0.316 e. The quantitative estimate of drug-likeness (QED) is 0.739. The lowest BCUT2D eigenvalue weighted by molar-refractivity contribution is -0.118. The molecule has 0 radical (unpaired) electrons. The van der Waals surface area contributed by atoms with Gasteiger partial charge in [-0.1, -0.05) is 32.0 Å². The van der Waals surface area contributed by atoms with Crippen molar-refractivity contribution in [3.8, 4) is 0 Å². The standard InChI is InChI=1S/C13H19NO/c1-11(2)9-10-13(15)14(3)12-7-5-4-6-8-12/h4-8,11H,9-10H2,1-3H3. The Kier molecular flexibility index (Phi) is 4.35. The lowest BCUT2D eigenvalue weighted by Gasteiger charge is -2.17. The number of hydrogen-bond donors (Lipinski definition) is 0. The van der Waals surface area contributed by atoms with Crippen molar-refractivity contribution in [1.82, 2.24) is 0 Å². The van der Waals surface area contributed by atoms with E-state index in [4.69, 9.17) is 0 Å². The van der Waals surface area contributed by atoms with Crippen molar-refractivity contribution in [3.63, 3.8) is 0 Å². The smallest absolute Gasteiger partial charge is 0.226 e. The van der Waals surface area contributed by atoms with E-state index in [0.29, 0.717) is 12.3 Å². The second-order valence-corrected chi connectivity index (χ2v) is 4.22. The van der Waals surface area contributed by atoms with Crippen LogP contribution in [-0.2, 0) is 4.79 Å². The molecule has 0 bridgehead atoms. The minimum atomic E-state index is 0.190. The molecule has 0 saturated carbocycles. The molecule has 1 aromatic rings. The van der Waals surface area contributed by atoms with E-state index in [-0.39, 0.29) is 5.91 Å². The Morgan fingerprint density at radius 2 is 1.87 bits per heavy atom. The summed E-state index contributed by atoms with van der Waals surface area (Å²) >= 11 is 0. The highest BCUT2D eigenvalue weighted by Gasteiger charge is 2.10. The van der Waals surface area contributed by atoms with E-state index in [1.54, 1.807) is 4.90 Å². The predicted octanol–water partition coefficient (Wildman–Crippen LogP) is 3.09. The molecule has 1 rings (SSSR count). The number of rotatable bonds is 4. The van der Waals surface area contributed by atoms with Crippen LogP contribution < -0.4 is 4.90 Å². The van der Waals surface area contributed by atoms with Gasteiger partial charge in [-0.15, -0.1) is 0 Å². The number of amides is 1. The first kappa shape index (κ1) is 11.8. The Morgan fingerprint density at radius 1 is 1.27 bits per heavy atom. The number of carbonyl (C=O) groups is 1. The molecule has 82 valence electrons. The average Bonchev–Trinajstić information content (AvgIpc) is 2.26. The van der Waals surface area contributed by atoms with E-state index >= 15 is 0 Å². The molecule has 2 heteroatoms. The SMILES string of the molecule is CC(C)CCC(=O)N(C)c1ccccc1. The van der Waals surface area contributed by atoms with Crippen LogP contribution in [0, 0.1) is 5.92 Å². The number of carbonyl (C=O) groups excluding carboxylic acids is 1. The second-order valence-electron chi connectivity index (χ2n) is 4.22. The summed E-state index contributed by atoms with van der Waals surface area (Å²) in [5.41, 5.74) is 0.964.